The standard InChI is InChI=1S/C10H20N2S/c1-9-8-11-4-5-12(9)10-2-6-13-7-3-10/h9-11H,2-8H2,1H3. The van der Waals surface area contributed by atoms with Crippen molar-refractivity contribution < 1.29 is 0 Å². The van der Waals surface area contributed by atoms with Crippen LogP contribution in [0.1, 0.15) is 19.8 Å². The van der Waals surface area contributed by atoms with E-state index in [2.05, 4.69) is 28.9 Å². The van der Waals surface area contributed by atoms with Crippen LogP contribution in [0, 0.1) is 0 Å². The quantitative estimate of drug-likeness (QED) is 0.684. The van der Waals surface area contributed by atoms with Crippen LogP contribution in [0.2, 0.25) is 0 Å². The van der Waals surface area contributed by atoms with Gasteiger partial charge in [0.15, 0.2) is 0 Å². The van der Waals surface area contributed by atoms with Crippen molar-refractivity contribution in [3.63, 3.8) is 0 Å². The maximum atomic E-state index is 3.46. The highest BCUT2D eigenvalue weighted by Crippen LogP contribution is 2.23. The Hall–Kier alpha value is 0.270. The van der Waals surface area contributed by atoms with Crippen molar-refractivity contribution in [2.45, 2.75) is 31.8 Å². The Bertz CT molecular complexity index is 157. The lowest BCUT2D eigenvalue weighted by Gasteiger charge is -2.41. The highest BCUT2D eigenvalue weighted by Gasteiger charge is 2.26. The maximum absolute atomic E-state index is 3.46. The topological polar surface area (TPSA) is 15.3 Å². The number of hydrogen-bond acceptors (Lipinski definition) is 3. The number of nitrogens with one attached hydrogen (secondary N) is 1. The zero-order chi connectivity index (χ0) is 9.10. The number of nitrogens with zero attached hydrogens (tertiary/aromatic N) is 1. The van der Waals surface area contributed by atoms with Crippen LogP contribution in [0.25, 0.3) is 0 Å². The summed E-state index contributed by atoms with van der Waals surface area (Å²) in [5, 5.41) is 3.46. The van der Waals surface area contributed by atoms with Crippen molar-refractivity contribution in [1.82, 2.24) is 10.2 Å². The summed E-state index contributed by atoms with van der Waals surface area (Å²) in [5.74, 6) is 2.75. The van der Waals surface area contributed by atoms with Gasteiger partial charge in [0.25, 0.3) is 0 Å². The van der Waals surface area contributed by atoms with E-state index in [1.807, 2.05) is 0 Å². The van der Waals surface area contributed by atoms with E-state index in [1.54, 1.807) is 0 Å². The highest BCUT2D eigenvalue weighted by atomic mass is 32.2. The van der Waals surface area contributed by atoms with Crippen LogP contribution in [0.3, 0.4) is 0 Å². The molecule has 0 aliphatic carbocycles. The normalized spacial score (nSPS) is 33.5. The van der Waals surface area contributed by atoms with Crippen molar-refractivity contribution in [3.8, 4) is 0 Å². The fraction of sp³-hybridized carbons (Fsp3) is 1.00. The molecule has 1 N–H and O–H groups in total. The van der Waals surface area contributed by atoms with E-state index in [9.17, 15) is 0 Å². The summed E-state index contributed by atoms with van der Waals surface area (Å²) in [6.07, 6.45) is 2.82. The predicted molar refractivity (Wildman–Crippen MR) is 59.4 cm³/mol. The summed E-state index contributed by atoms with van der Waals surface area (Å²) < 4.78 is 0. The monoisotopic (exact) mass is 200 g/mol. The van der Waals surface area contributed by atoms with Crippen LogP contribution in [-0.2, 0) is 0 Å². The molecular weight excluding hydrogens is 180 g/mol. The number of thioether (sulfide) groups is 1. The summed E-state index contributed by atoms with van der Waals surface area (Å²) in [6, 6.07) is 1.64. The molecular formula is C10H20N2S. The van der Waals surface area contributed by atoms with Crippen molar-refractivity contribution in [2.75, 3.05) is 31.1 Å². The van der Waals surface area contributed by atoms with Crippen LogP contribution < -0.4 is 5.32 Å². The van der Waals surface area contributed by atoms with Gasteiger partial charge in [-0.05, 0) is 31.3 Å². The van der Waals surface area contributed by atoms with E-state index in [4.69, 9.17) is 0 Å². The third-order valence-electron chi connectivity index (χ3n) is 3.21. The Morgan fingerprint density at radius 1 is 1.31 bits per heavy atom. The molecule has 0 saturated carbocycles. The predicted octanol–water partition coefficient (Wildman–Crippen LogP) is 1.18. The minimum absolute atomic E-state index is 0.752. The molecule has 0 aromatic heterocycles. The molecule has 2 fully saturated rings. The van der Waals surface area contributed by atoms with Gasteiger partial charge < -0.3 is 5.32 Å². The van der Waals surface area contributed by atoms with E-state index < -0.39 is 0 Å². The van der Waals surface area contributed by atoms with E-state index in [1.165, 1.54) is 44.0 Å². The summed E-state index contributed by atoms with van der Waals surface area (Å²) in [4.78, 5) is 2.72. The van der Waals surface area contributed by atoms with Gasteiger partial charge >= 0.3 is 0 Å². The number of piperazine rings is 1. The molecule has 13 heavy (non-hydrogen) atoms. The third kappa shape index (κ3) is 2.39. The van der Waals surface area contributed by atoms with Crippen LogP contribution >= 0.6 is 11.8 Å². The van der Waals surface area contributed by atoms with E-state index in [-0.39, 0.29) is 0 Å². The smallest absolute Gasteiger partial charge is 0.0195 e. The van der Waals surface area contributed by atoms with Crippen LogP contribution in [-0.4, -0.2) is 48.1 Å². The van der Waals surface area contributed by atoms with Gasteiger partial charge in [-0.2, -0.15) is 11.8 Å². The average molecular weight is 200 g/mol. The molecule has 0 aromatic carbocycles. The molecule has 3 heteroatoms. The molecule has 2 aliphatic heterocycles. The molecule has 0 radical (unpaired) electrons. The van der Waals surface area contributed by atoms with Gasteiger partial charge in [-0.25, -0.2) is 0 Å². The Labute approximate surface area is 85.4 Å². The third-order valence-corrected chi connectivity index (χ3v) is 4.26. The second-order valence-electron chi connectivity index (χ2n) is 4.13. The molecule has 0 aromatic rings. The molecule has 0 bridgehead atoms. The summed E-state index contributed by atoms with van der Waals surface area (Å²) in [7, 11) is 0. The lowest BCUT2D eigenvalue weighted by Crippen LogP contribution is -2.54. The first-order valence-corrected chi connectivity index (χ1v) is 6.57. The Morgan fingerprint density at radius 3 is 2.77 bits per heavy atom. The van der Waals surface area contributed by atoms with Crippen LogP contribution in [0.5, 0.6) is 0 Å². The first-order chi connectivity index (χ1) is 6.38. The molecule has 0 amide bonds. The zero-order valence-electron chi connectivity index (χ0n) is 8.46. The molecule has 2 aliphatic rings. The largest absolute Gasteiger partial charge is 0.314 e. The SMILES string of the molecule is CC1CNCCN1C1CCSCC1. The minimum Gasteiger partial charge on any atom is -0.314 e. The van der Waals surface area contributed by atoms with Gasteiger partial charge in [-0.3, -0.25) is 4.90 Å². The molecule has 1 atom stereocenters. The average Bonchev–Trinajstić information content (AvgIpc) is 2.20. The van der Waals surface area contributed by atoms with Crippen LogP contribution in [0.4, 0.5) is 0 Å². The van der Waals surface area contributed by atoms with E-state index in [0.717, 1.165) is 12.1 Å². The second kappa shape index (κ2) is 4.67. The van der Waals surface area contributed by atoms with Gasteiger partial charge in [-0.15, -0.1) is 0 Å². The molecule has 0 spiro atoms. The summed E-state index contributed by atoms with van der Waals surface area (Å²) in [5.41, 5.74) is 0. The van der Waals surface area contributed by atoms with Crippen molar-refractivity contribution in [3.05, 3.63) is 0 Å². The lowest BCUT2D eigenvalue weighted by molar-refractivity contribution is 0.110. The minimum atomic E-state index is 0.752. The van der Waals surface area contributed by atoms with E-state index in [0.29, 0.717) is 0 Å². The fourth-order valence-corrected chi connectivity index (χ4v) is 3.50. The Kier molecular flexibility index (Phi) is 3.52. The van der Waals surface area contributed by atoms with Gasteiger partial charge in [0.05, 0.1) is 0 Å². The summed E-state index contributed by atoms with van der Waals surface area (Å²) >= 11 is 2.12. The Balaban J connectivity index is 1.88. The van der Waals surface area contributed by atoms with Crippen molar-refractivity contribution in [2.24, 2.45) is 0 Å². The molecule has 2 saturated heterocycles. The molecule has 2 rings (SSSR count). The summed E-state index contributed by atoms with van der Waals surface area (Å²) in [6.45, 7) is 5.99. The number of hydrogen-bond donors (Lipinski definition) is 1. The molecule has 2 nitrogen and oxygen atoms in total. The zero-order valence-corrected chi connectivity index (χ0v) is 9.28. The molecule has 1 unspecified atom stereocenters. The van der Waals surface area contributed by atoms with Gasteiger partial charge in [0.1, 0.15) is 0 Å². The number of rotatable bonds is 1. The molecule has 2 heterocycles. The first kappa shape index (κ1) is 9.81. The lowest BCUT2D eigenvalue weighted by atomic mass is 10.1. The molecule has 76 valence electrons. The second-order valence-corrected chi connectivity index (χ2v) is 5.36. The maximum Gasteiger partial charge on any atom is 0.0195 e. The first-order valence-electron chi connectivity index (χ1n) is 5.42. The van der Waals surface area contributed by atoms with Gasteiger partial charge in [0.2, 0.25) is 0 Å². The highest BCUT2D eigenvalue weighted by molar-refractivity contribution is 7.99. The fourth-order valence-electron chi connectivity index (χ4n) is 2.42. The van der Waals surface area contributed by atoms with E-state index >= 15 is 0 Å². The van der Waals surface area contributed by atoms with Crippen molar-refractivity contribution >= 4 is 11.8 Å². The Morgan fingerprint density at radius 2 is 2.08 bits per heavy atom. The van der Waals surface area contributed by atoms with Crippen molar-refractivity contribution in [1.29, 1.82) is 0 Å². The van der Waals surface area contributed by atoms with Crippen LogP contribution in [0.15, 0.2) is 0 Å². The van der Waals surface area contributed by atoms with Gasteiger partial charge in [0, 0.05) is 31.7 Å². The van der Waals surface area contributed by atoms with Gasteiger partial charge in [-0.1, -0.05) is 0 Å².